The van der Waals surface area contributed by atoms with Crippen LogP contribution in [-0.4, -0.2) is 27.4 Å². The fraction of sp³-hybridized carbons (Fsp3) is 0.222. The van der Waals surface area contributed by atoms with Crippen molar-refractivity contribution in [2.45, 2.75) is 11.1 Å². The molecule has 0 aromatic heterocycles. The molecule has 4 nitrogen and oxygen atoms in total. The van der Waals surface area contributed by atoms with Crippen LogP contribution < -0.4 is 34.9 Å². The number of rotatable bonds is 3. The Labute approximate surface area is 126 Å². The maximum atomic E-state index is 11.8. The van der Waals surface area contributed by atoms with Gasteiger partial charge in [0.15, 0.2) is 0 Å². The quantitative estimate of drug-likeness (QED) is 0.528. The van der Waals surface area contributed by atoms with Gasteiger partial charge in [0.05, 0.1) is 0 Å². The second-order valence-electron chi connectivity index (χ2n) is 3.06. The molecule has 1 unspecified atom stereocenters. The molecule has 0 radical (unpaired) electrons. The summed E-state index contributed by atoms with van der Waals surface area (Å²) in [6.45, 7) is -1.43. The molecule has 1 aromatic rings. The van der Waals surface area contributed by atoms with Gasteiger partial charge >= 0.3 is 35.7 Å². The van der Waals surface area contributed by atoms with Gasteiger partial charge in [0.2, 0.25) is 0 Å². The first-order chi connectivity index (χ1) is 7.79. The number of hydrogen-bond donors (Lipinski definition) is 1. The Balaban J connectivity index is 0.00000289. The van der Waals surface area contributed by atoms with Gasteiger partial charge in [-0.15, -0.1) is 0 Å². The summed E-state index contributed by atoms with van der Waals surface area (Å²) in [5.74, 6) is -0.912. The van der Waals surface area contributed by atoms with Crippen molar-refractivity contribution in [3.05, 3.63) is 29.8 Å². The summed E-state index contributed by atoms with van der Waals surface area (Å²) < 4.78 is 56.4. The Kier molecular flexibility index (Phi) is 7.08. The number of halogens is 3. The molecule has 1 atom stereocenters. The average molecular weight is 289 g/mol. The summed E-state index contributed by atoms with van der Waals surface area (Å²) in [5, 5.41) is 1.67. The van der Waals surface area contributed by atoms with E-state index in [-0.39, 0.29) is 40.0 Å². The van der Waals surface area contributed by atoms with E-state index in [1.165, 1.54) is 0 Å². The standard InChI is InChI=1S/C9H8F3NO3S.Na/c10-9(11,12)5-13-8(14)6-1-3-7(4-2-6)17(15)16;/h1-4H,5H2,(H,13,14)(H,15,16);/q;+1/p-1. The fourth-order valence-corrected chi connectivity index (χ4v) is 1.36. The topological polar surface area (TPSA) is 69.2 Å². The van der Waals surface area contributed by atoms with Crippen LogP contribution in [0.25, 0.3) is 0 Å². The largest absolute Gasteiger partial charge is 1.00 e. The van der Waals surface area contributed by atoms with Crippen LogP contribution in [0.4, 0.5) is 13.2 Å². The van der Waals surface area contributed by atoms with E-state index in [0.717, 1.165) is 24.3 Å². The molecule has 0 aliphatic heterocycles. The van der Waals surface area contributed by atoms with E-state index in [0.29, 0.717) is 0 Å². The van der Waals surface area contributed by atoms with E-state index in [1.54, 1.807) is 5.32 Å². The molecule has 0 bridgehead atoms. The van der Waals surface area contributed by atoms with Crippen LogP contribution in [0.2, 0.25) is 0 Å². The molecule has 0 spiro atoms. The zero-order chi connectivity index (χ0) is 13.1. The number of carbonyl (C=O) groups is 1. The van der Waals surface area contributed by atoms with Gasteiger partial charge in [0, 0.05) is 10.5 Å². The SMILES string of the molecule is O=C(NCC(F)(F)F)c1ccc(S(=O)[O-])cc1.[Na+]. The van der Waals surface area contributed by atoms with E-state index < -0.39 is 29.7 Å². The van der Waals surface area contributed by atoms with Crippen molar-refractivity contribution >= 4 is 17.0 Å². The molecule has 1 aromatic carbocycles. The van der Waals surface area contributed by atoms with Crippen LogP contribution in [0, 0.1) is 0 Å². The zero-order valence-electron chi connectivity index (χ0n) is 9.28. The molecule has 0 saturated heterocycles. The van der Waals surface area contributed by atoms with E-state index in [4.69, 9.17) is 0 Å². The minimum Gasteiger partial charge on any atom is -0.768 e. The molecule has 0 fully saturated rings. The number of alkyl halides is 3. The molecule has 9 heteroatoms. The van der Waals surface area contributed by atoms with Crippen LogP contribution in [0.5, 0.6) is 0 Å². The summed E-state index contributed by atoms with van der Waals surface area (Å²) in [6, 6.07) is 4.53. The predicted octanol–water partition coefficient (Wildman–Crippen LogP) is -1.78. The van der Waals surface area contributed by atoms with Crippen LogP contribution in [0.1, 0.15) is 10.4 Å². The Morgan fingerprint density at radius 3 is 2.17 bits per heavy atom. The van der Waals surface area contributed by atoms with Crippen molar-refractivity contribution in [1.82, 2.24) is 5.32 Å². The van der Waals surface area contributed by atoms with Crippen molar-refractivity contribution in [3.8, 4) is 0 Å². The fourth-order valence-electron chi connectivity index (χ4n) is 1.000. The first-order valence-corrected chi connectivity index (χ1v) is 5.41. The number of benzene rings is 1. The van der Waals surface area contributed by atoms with Crippen molar-refractivity contribution < 1.29 is 56.3 Å². The summed E-state index contributed by atoms with van der Waals surface area (Å²) in [7, 11) is 0. The molecular weight excluding hydrogens is 282 g/mol. The van der Waals surface area contributed by atoms with E-state index in [1.807, 2.05) is 0 Å². The molecule has 0 heterocycles. The second-order valence-corrected chi connectivity index (χ2v) is 4.00. The molecule has 1 amide bonds. The molecule has 0 aliphatic carbocycles. The zero-order valence-corrected chi connectivity index (χ0v) is 12.1. The van der Waals surface area contributed by atoms with Gasteiger partial charge in [-0.3, -0.25) is 9.00 Å². The van der Waals surface area contributed by atoms with Gasteiger partial charge in [-0.2, -0.15) is 13.2 Å². The molecule has 0 saturated carbocycles. The Hall–Kier alpha value is -0.410. The van der Waals surface area contributed by atoms with Crippen LogP contribution in [0.3, 0.4) is 0 Å². The van der Waals surface area contributed by atoms with Gasteiger partial charge in [-0.1, -0.05) is 0 Å². The maximum Gasteiger partial charge on any atom is 1.00 e. The third kappa shape index (κ3) is 5.96. The maximum absolute atomic E-state index is 11.8. The number of hydrogen-bond acceptors (Lipinski definition) is 3. The molecule has 0 aliphatic rings. The van der Waals surface area contributed by atoms with Crippen LogP contribution >= 0.6 is 0 Å². The van der Waals surface area contributed by atoms with Crippen molar-refractivity contribution in [1.29, 1.82) is 0 Å². The van der Waals surface area contributed by atoms with Crippen molar-refractivity contribution in [2.75, 3.05) is 6.54 Å². The Morgan fingerprint density at radius 2 is 1.78 bits per heavy atom. The Morgan fingerprint density at radius 1 is 1.28 bits per heavy atom. The molecular formula is C9H7F3NNaO3S. The van der Waals surface area contributed by atoms with Crippen LogP contribution in [-0.2, 0) is 11.1 Å². The molecule has 1 rings (SSSR count). The molecule has 94 valence electrons. The van der Waals surface area contributed by atoms with Gasteiger partial charge < -0.3 is 9.87 Å². The van der Waals surface area contributed by atoms with Crippen LogP contribution in [0.15, 0.2) is 29.2 Å². The van der Waals surface area contributed by atoms with Gasteiger partial charge in [0.25, 0.3) is 5.91 Å². The monoisotopic (exact) mass is 289 g/mol. The molecule has 18 heavy (non-hydrogen) atoms. The normalized spacial score (nSPS) is 12.4. The summed E-state index contributed by atoms with van der Waals surface area (Å²) in [5.41, 5.74) is -0.0385. The first kappa shape index (κ1) is 17.6. The minimum atomic E-state index is -4.48. The summed E-state index contributed by atoms with van der Waals surface area (Å²) >= 11 is -2.43. The van der Waals surface area contributed by atoms with Crippen molar-refractivity contribution in [3.63, 3.8) is 0 Å². The summed E-state index contributed by atoms with van der Waals surface area (Å²) in [4.78, 5) is 11.2. The summed E-state index contributed by atoms with van der Waals surface area (Å²) in [6.07, 6.45) is -4.48. The number of carbonyl (C=O) groups excluding carboxylic acids is 1. The van der Waals surface area contributed by atoms with E-state index in [9.17, 15) is 26.7 Å². The Bertz CT molecular complexity index is 436. The first-order valence-electron chi connectivity index (χ1n) is 4.34. The third-order valence-electron chi connectivity index (χ3n) is 1.76. The minimum absolute atomic E-state index is 0. The number of nitrogens with one attached hydrogen (secondary N) is 1. The van der Waals surface area contributed by atoms with Gasteiger partial charge in [0.1, 0.15) is 6.54 Å². The average Bonchev–Trinajstić information content (AvgIpc) is 2.25. The smallest absolute Gasteiger partial charge is 0.768 e. The molecule has 1 N–H and O–H groups in total. The van der Waals surface area contributed by atoms with E-state index in [2.05, 4.69) is 0 Å². The predicted molar refractivity (Wildman–Crippen MR) is 52.0 cm³/mol. The van der Waals surface area contributed by atoms with Gasteiger partial charge in [-0.05, 0) is 35.3 Å². The number of amides is 1. The second kappa shape index (κ2) is 7.25. The van der Waals surface area contributed by atoms with Gasteiger partial charge in [-0.25, -0.2) is 0 Å². The van der Waals surface area contributed by atoms with Crippen molar-refractivity contribution in [2.24, 2.45) is 0 Å². The van der Waals surface area contributed by atoms with E-state index >= 15 is 0 Å². The third-order valence-corrected chi connectivity index (χ3v) is 2.42.